The van der Waals surface area contributed by atoms with Crippen LogP contribution in [0.4, 0.5) is 0 Å². The monoisotopic (exact) mass is 773 g/mol. The van der Waals surface area contributed by atoms with E-state index in [0.29, 0.717) is 5.92 Å². The van der Waals surface area contributed by atoms with Gasteiger partial charge in [-0.25, -0.2) is 4.99 Å². The van der Waals surface area contributed by atoms with Gasteiger partial charge in [0, 0.05) is 27.0 Å². The summed E-state index contributed by atoms with van der Waals surface area (Å²) in [5, 5.41) is 6.19. The Labute approximate surface area is 347 Å². The molecule has 2 aromatic heterocycles. The van der Waals surface area contributed by atoms with Crippen LogP contribution in [0.1, 0.15) is 57.0 Å². The third kappa shape index (κ3) is 5.88. The van der Waals surface area contributed by atoms with Gasteiger partial charge in [0.05, 0.1) is 16.3 Å². The molecule has 10 aromatic rings. The van der Waals surface area contributed by atoms with Crippen LogP contribution in [0.15, 0.2) is 191 Å². The van der Waals surface area contributed by atoms with E-state index in [0.717, 1.165) is 70.2 Å². The molecule has 0 amide bonds. The lowest BCUT2D eigenvalue weighted by Gasteiger charge is -2.19. The third-order valence-electron chi connectivity index (χ3n) is 12.6. The van der Waals surface area contributed by atoms with Crippen LogP contribution in [0.3, 0.4) is 0 Å². The largest absolute Gasteiger partial charge is 0.456 e. The fourth-order valence-corrected chi connectivity index (χ4v) is 10.9. The number of allylic oxidation sites excluding steroid dienone is 1. The molecule has 1 unspecified atom stereocenters. The van der Waals surface area contributed by atoms with Crippen molar-refractivity contribution in [1.29, 1.82) is 0 Å². The van der Waals surface area contributed by atoms with Crippen LogP contribution < -0.4 is 0 Å². The van der Waals surface area contributed by atoms with Gasteiger partial charge in [-0.05, 0) is 134 Å². The minimum absolute atomic E-state index is 0.305. The molecule has 0 fully saturated rings. The average molecular weight is 774 g/mol. The quantitative estimate of drug-likeness (QED) is 0.175. The van der Waals surface area contributed by atoms with Gasteiger partial charge in [0.25, 0.3) is 0 Å². The molecule has 0 bridgehead atoms. The van der Waals surface area contributed by atoms with E-state index in [4.69, 9.17) is 9.41 Å². The zero-order valence-corrected chi connectivity index (χ0v) is 33.3. The molecule has 3 heterocycles. The summed E-state index contributed by atoms with van der Waals surface area (Å²) >= 11 is 1.87. The van der Waals surface area contributed by atoms with Crippen molar-refractivity contribution in [1.82, 2.24) is 0 Å². The van der Waals surface area contributed by atoms with E-state index in [-0.39, 0.29) is 0 Å². The minimum Gasteiger partial charge on any atom is -0.456 e. The van der Waals surface area contributed by atoms with Gasteiger partial charge in [-0.1, -0.05) is 140 Å². The second-order valence-electron chi connectivity index (χ2n) is 16.0. The highest BCUT2D eigenvalue weighted by molar-refractivity contribution is 7.21. The smallest absolute Gasteiger partial charge is 0.135 e. The first-order valence-corrected chi connectivity index (χ1v) is 21.6. The van der Waals surface area contributed by atoms with Gasteiger partial charge in [-0.15, -0.1) is 11.3 Å². The molecule has 8 aromatic carbocycles. The number of rotatable bonds is 4. The van der Waals surface area contributed by atoms with Crippen molar-refractivity contribution in [3.05, 3.63) is 220 Å². The molecule has 1 aliphatic heterocycles. The van der Waals surface area contributed by atoms with Crippen LogP contribution >= 0.6 is 11.3 Å². The number of nitrogens with zero attached hydrogens (tertiary/aromatic N) is 1. The number of aliphatic imine (C=N–C) groups is 1. The number of para-hydroxylation sites is 1. The Morgan fingerprint density at radius 3 is 2.15 bits per heavy atom. The Bertz CT molecular complexity index is 3330. The Morgan fingerprint density at radius 1 is 0.525 bits per heavy atom. The van der Waals surface area contributed by atoms with Crippen molar-refractivity contribution >= 4 is 65.5 Å². The molecule has 12 rings (SSSR count). The maximum absolute atomic E-state index is 6.28. The maximum atomic E-state index is 6.28. The Balaban J connectivity index is 0.962. The second-order valence-corrected chi connectivity index (χ2v) is 17.1. The summed E-state index contributed by atoms with van der Waals surface area (Å²) in [6.07, 6.45) is 6.32. The normalized spacial score (nSPS) is 15.2. The number of aryl methyl sites for hydroxylation is 2. The van der Waals surface area contributed by atoms with Gasteiger partial charge in [0.15, 0.2) is 0 Å². The molecule has 1 atom stereocenters. The zero-order valence-electron chi connectivity index (χ0n) is 32.5. The number of hydrogen-bond donors (Lipinski definition) is 0. The van der Waals surface area contributed by atoms with E-state index < -0.39 is 0 Å². The van der Waals surface area contributed by atoms with E-state index in [1.807, 2.05) is 17.4 Å². The van der Waals surface area contributed by atoms with E-state index in [2.05, 4.69) is 176 Å². The first-order valence-electron chi connectivity index (χ1n) is 20.7. The lowest BCUT2D eigenvalue weighted by molar-refractivity contribution is 0.669. The van der Waals surface area contributed by atoms with Crippen LogP contribution in [0.25, 0.3) is 70.7 Å². The van der Waals surface area contributed by atoms with Crippen molar-refractivity contribution in [3.63, 3.8) is 0 Å². The lowest BCUT2D eigenvalue weighted by atomic mass is 9.85. The number of furan rings is 1. The van der Waals surface area contributed by atoms with Crippen LogP contribution in [-0.2, 0) is 12.8 Å². The predicted octanol–water partition coefficient (Wildman–Crippen LogP) is 15.2. The van der Waals surface area contributed by atoms with Crippen molar-refractivity contribution in [3.8, 4) is 22.3 Å². The molecule has 0 radical (unpaired) electrons. The van der Waals surface area contributed by atoms with E-state index in [9.17, 15) is 0 Å². The molecule has 0 saturated carbocycles. The molecule has 59 heavy (non-hydrogen) atoms. The summed E-state index contributed by atoms with van der Waals surface area (Å²) in [7, 11) is 0. The summed E-state index contributed by atoms with van der Waals surface area (Å²) in [6, 6.07) is 64.6. The molecule has 0 spiro atoms. The van der Waals surface area contributed by atoms with Crippen LogP contribution in [0.2, 0.25) is 0 Å². The molecule has 2 nitrogen and oxygen atoms in total. The molecule has 2 aliphatic rings. The van der Waals surface area contributed by atoms with Gasteiger partial charge in [-0.3, -0.25) is 0 Å². The number of benzene rings is 8. The predicted molar refractivity (Wildman–Crippen MR) is 249 cm³/mol. The standard InChI is InChI=1S/C56H39NOS/c1-2-11-35(12-3-1)40-27-30-54-50(33-40)47-18-10-19-51(57-55(56(47)59-54)42-26-29-53-49(34-42)46-17-8-9-20-52(46)58-53)37-23-21-36(22-24-37)43-28-25-41-31-38-13-4-5-14-39(38)32-48(41)45-16-7-6-15-44(43)45/h1-9,11-17,19-24,26-27,29-34,43H,10,18,25,28H2. The minimum atomic E-state index is 0.305. The molecule has 0 saturated heterocycles. The summed E-state index contributed by atoms with van der Waals surface area (Å²) in [5.74, 6) is 0.305. The molecule has 3 heteroatoms. The highest BCUT2D eigenvalue weighted by Crippen LogP contribution is 2.44. The van der Waals surface area contributed by atoms with E-state index >= 15 is 0 Å². The van der Waals surface area contributed by atoms with Crippen molar-refractivity contribution in [2.75, 3.05) is 0 Å². The van der Waals surface area contributed by atoms with Crippen molar-refractivity contribution < 1.29 is 4.42 Å². The van der Waals surface area contributed by atoms with Crippen molar-refractivity contribution in [2.45, 2.75) is 31.6 Å². The van der Waals surface area contributed by atoms with Crippen LogP contribution in [0.5, 0.6) is 0 Å². The molecule has 0 N–H and O–H groups in total. The topological polar surface area (TPSA) is 25.5 Å². The Kier molecular flexibility index (Phi) is 8.09. The van der Waals surface area contributed by atoms with Gasteiger partial charge < -0.3 is 4.42 Å². The van der Waals surface area contributed by atoms with Crippen molar-refractivity contribution in [2.24, 2.45) is 4.99 Å². The molecule has 1 aliphatic carbocycles. The maximum Gasteiger partial charge on any atom is 0.135 e. The van der Waals surface area contributed by atoms with Crippen LogP contribution in [-0.4, -0.2) is 5.71 Å². The van der Waals surface area contributed by atoms with Gasteiger partial charge in [0.2, 0.25) is 0 Å². The number of hydrogen-bond acceptors (Lipinski definition) is 3. The molecule has 280 valence electrons. The van der Waals surface area contributed by atoms with Crippen LogP contribution in [0, 0.1) is 0 Å². The highest BCUT2D eigenvalue weighted by Gasteiger charge is 2.25. The van der Waals surface area contributed by atoms with Gasteiger partial charge in [-0.2, -0.15) is 0 Å². The first kappa shape index (κ1) is 34.3. The van der Waals surface area contributed by atoms with E-state index in [1.54, 1.807) is 0 Å². The molecular weight excluding hydrogens is 735 g/mol. The third-order valence-corrected chi connectivity index (χ3v) is 13.9. The SMILES string of the molecule is C1=C(c2ccc(C3CCc4cc5ccccc5cc4-c4ccccc43)cc2)N=C(c2ccc3oc4ccccc4c3c2)c2sc3ccc(-c4ccccc4)cc3c2CC1. The molecular formula is C56H39NOS. The number of fused-ring (bicyclic) bond motifs is 10. The summed E-state index contributed by atoms with van der Waals surface area (Å²) in [4.78, 5) is 6.92. The fraction of sp³-hybridized carbons (Fsp3) is 0.0893. The highest BCUT2D eigenvalue weighted by atomic mass is 32.1. The first-order chi connectivity index (χ1) is 29.2. The van der Waals surface area contributed by atoms with Gasteiger partial charge >= 0.3 is 0 Å². The fourth-order valence-electron chi connectivity index (χ4n) is 9.70. The van der Waals surface area contributed by atoms with E-state index in [1.165, 1.54) is 70.2 Å². The zero-order chi connectivity index (χ0) is 38.9. The second kappa shape index (κ2) is 13.9. The summed E-state index contributed by atoms with van der Waals surface area (Å²) in [5.41, 5.74) is 16.9. The average Bonchev–Trinajstić information content (AvgIpc) is 3.79. The Morgan fingerprint density at radius 2 is 1.25 bits per heavy atom. The number of thiophene rings is 1. The Hall–Kier alpha value is -6.81. The van der Waals surface area contributed by atoms with Gasteiger partial charge in [0.1, 0.15) is 11.2 Å². The summed E-state index contributed by atoms with van der Waals surface area (Å²) < 4.78 is 7.58. The summed E-state index contributed by atoms with van der Waals surface area (Å²) in [6.45, 7) is 0. The lowest BCUT2D eigenvalue weighted by Crippen LogP contribution is -2.07.